The predicted molar refractivity (Wildman–Crippen MR) is 99.0 cm³/mol. The van der Waals surface area contributed by atoms with E-state index in [9.17, 15) is 9.59 Å². The molecule has 0 aromatic carbocycles. The molecule has 6 nitrogen and oxygen atoms in total. The van der Waals surface area contributed by atoms with Gasteiger partial charge in [0.15, 0.2) is 0 Å². The number of hydrogen-bond acceptors (Lipinski definition) is 6. The second kappa shape index (κ2) is 7.55. The van der Waals surface area contributed by atoms with Crippen LogP contribution in [0.3, 0.4) is 0 Å². The number of methoxy groups -OCH3 is 2. The van der Waals surface area contributed by atoms with Crippen molar-refractivity contribution in [1.82, 2.24) is 0 Å². The van der Waals surface area contributed by atoms with Crippen LogP contribution in [-0.2, 0) is 28.5 Å². The minimum Gasteiger partial charge on any atom is -0.469 e. The maximum Gasteiger partial charge on any atom is 0.309 e. The minimum atomic E-state index is -0.455. The quantitative estimate of drug-likeness (QED) is 0.366. The van der Waals surface area contributed by atoms with Gasteiger partial charge in [0.25, 0.3) is 0 Å². The Labute approximate surface area is 161 Å². The Morgan fingerprint density at radius 1 is 1.04 bits per heavy atom. The summed E-state index contributed by atoms with van der Waals surface area (Å²) in [5.74, 6) is -1.58. The van der Waals surface area contributed by atoms with Crippen molar-refractivity contribution in [2.24, 2.45) is 11.8 Å². The zero-order chi connectivity index (χ0) is 19.8. The lowest BCUT2D eigenvalue weighted by molar-refractivity contribution is -0.157. The number of carbonyl (C=O) groups is 2. The molecular weight excluding hydrogens is 348 g/mol. The number of epoxide rings is 2. The molecule has 5 atom stereocenters. The number of rotatable bonds is 8. The van der Waals surface area contributed by atoms with Crippen LogP contribution >= 0.6 is 0 Å². The molecule has 0 radical (unpaired) electrons. The standard InChI is InChI=1S/C21H32O6/c1-20(2)16(26-20)10-11-21(3)17(27-21)9-7-13-6-8-14(18(22)24-4)15(12-13)19(23)25-5/h6,14-17H,7-12H2,1-5H3/t14-,15+,16?,17?,21?/m1/s1. The summed E-state index contributed by atoms with van der Waals surface area (Å²) < 4.78 is 21.4. The van der Waals surface area contributed by atoms with Gasteiger partial charge in [-0.1, -0.05) is 11.6 Å². The molecule has 6 heteroatoms. The van der Waals surface area contributed by atoms with E-state index in [-0.39, 0.29) is 29.2 Å². The van der Waals surface area contributed by atoms with Crippen molar-refractivity contribution in [3.05, 3.63) is 11.6 Å². The first kappa shape index (κ1) is 20.3. The van der Waals surface area contributed by atoms with Gasteiger partial charge in [0.2, 0.25) is 0 Å². The molecule has 0 saturated carbocycles. The van der Waals surface area contributed by atoms with Gasteiger partial charge in [-0.05, 0) is 59.3 Å². The van der Waals surface area contributed by atoms with Crippen molar-refractivity contribution in [1.29, 1.82) is 0 Å². The summed E-state index contributed by atoms with van der Waals surface area (Å²) in [4.78, 5) is 24.1. The summed E-state index contributed by atoms with van der Waals surface area (Å²) >= 11 is 0. The zero-order valence-electron chi connectivity index (χ0n) is 17.1. The van der Waals surface area contributed by atoms with Crippen molar-refractivity contribution in [2.45, 2.75) is 82.7 Å². The van der Waals surface area contributed by atoms with Crippen LogP contribution in [0.25, 0.3) is 0 Å². The van der Waals surface area contributed by atoms with Crippen molar-refractivity contribution in [3.8, 4) is 0 Å². The molecule has 2 fully saturated rings. The molecule has 0 bridgehead atoms. The van der Waals surface area contributed by atoms with E-state index in [1.54, 1.807) is 0 Å². The molecule has 0 aromatic heterocycles. The highest BCUT2D eigenvalue weighted by molar-refractivity contribution is 5.82. The normalized spacial score (nSPS) is 36.6. The van der Waals surface area contributed by atoms with E-state index in [1.165, 1.54) is 19.8 Å². The van der Waals surface area contributed by atoms with Gasteiger partial charge in [0, 0.05) is 0 Å². The Morgan fingerprint density at radius 3 is 2.26 bits per heavy atom. The van der Waals surface area contributed by atoms with Crippen LogP contribution in [0.5, 0.6) is 0 Å². The molecule has 1 aliphatic carbocycles. The highest BCUT2D eigenvalue weighted by Gasteiger charge is 2.54. The Hall–Kier alpha value is -1.40. The first-order valence-electron chi connectivity index (χ1n) is 9.89. The fraction of sp³-hybridized carbons (Fsp3) is 0.810. The molecule has 27 heavy (non-hydrogen) atoms. The fourth-order valence-electron chi connectivity index (χ4n) is 4.33. The Morgan fingerprint density at radius 2 is 1.67 bits per heavy atom. The monoisotopic (exact) mass is 380 g/mol. The number of hydrogen-bond donors (Lipinski definition) is 0. The minimum absolute atomic E-state index is 0.0345. The molecule has 3 unspecified atom stereocenters. The third-order valence-electron chi connectivity index (χ3n) is 6.47. The highest BCUT2D eigenvalue weighted by Crippen LogP contribution is 2.47. The summed E-state index contributed by atoms with van der Waals surface area (Å²) in [7, 11) is 2.72. The second-order valence-corrected chi connectivity index (χ2v) is 8.77. The number of ether oxygens (including phenoxy) is 4. The summed E-state index contributed by atoms with van der Waals surface area (Å²) in [6.45, 7) is 6.42. The van der Waals surface area contributed by atoms with Crippen LogP contribution < -0.4 is 0 Å². The smallest absolute Gasteiger partial charge is 0.309 e. The van der Waals surface area contributed by atoms with E-state index in [2.05, 4.69) is 26.8 Å². The Bertz CT molecular complexity index is 624. The van der Waals surface area contributed by atoms with E-state index in [0.29, 0.717) is 18.9 Å². The van der Waals surface area contributed by atoms with Gasteiger partial charge in [0.05, 0.1) is 49.5 Å². The zero-order valence-corrected chi connectivity index (χ0v) is 17.1. The topological polar surface area (TPSA) is 77.7 Å². The lowest BCUT2D eigenvalue weighted by atomic mass is 9.78. The summed E-state index contributed by atoms with van der Waals surface area (Å²) in [6, 6.07) is 0. The molecule has 152 valence electrons. The Kier molecular flexibility index (Phi) is 5.69. The van der Waals surface area contributed by atoms with Crippen molar-refractivity contribution in [2.75, 3.05) is 14.2 Å². The maximum absolute atomic E-state index is 12.1. The summed E-state index contributed by atoms with van der Waals surface area (Å²) in [5, 5.41) is 0. The first-order chi connectivity index (χ1) is 12.7. The number of allylic oxidation sites excluding steroid dienone is 2. The SMILES string of the molecule is COC(=O)[C@H]1CC(CCC2OC2(C)CCC2OC2(C)C)=CC[C@H]1C(=O)OC. The number of carbonyl (C=O) groups excluding carboxylic acids is 2. The molecule has 0 N–H and O–H groups in total. The lowest BCUT2D eigenvalue weighted by Gasteiger charge is -2.27. The van der Waals surface area contributed by atoms with Crippen LogP contribution in [0.2, 0.25) is 0 Å². The maximum atomic E-state index is 12.1. The van der Waals surface area contributed by atoms with Crippen molar-refractivity contribution >= 4 is 11.9 Å². The molecule has 0 aromatic rings. The van der Waals surface area contributed by atoms with Crippen LogP contribution in [0.15, 0.2) is 11.6 Å². The first-order valence-corrected chi connectivity index (χ1v) is 9.89. The van der Waals surface area contributed by atoms with Gasteiger partial charge < -0.3 is 18.9 Å². The fourth-order valence-corrected chi connectivity index (χ4v) is 4.33. The van der Waals surface area contributed by atoms with Crippen molar-refractivity contribution < 1.29 is 28.5 Å². The van der Waals surface area contributed by atoms with Gasteiger partial charge in [-0.2, -0.15) is 0 Å². The van der Waals surface area contributed by atoms with Crippen LogP contribution in [0.1, 0.15) is 59.3 Å². The van der Waals surface area contributed by atoms with Gasteiger partial charge in [0.1, 0.15) is 0 Å². The molecule has 3 aliphatic rings. The largest absolute Gasteiger partial charge is 0.469 e. The van der Waals surface area contributed by atoms with Gasteiger partial charge in [-0.25, -0.2) is 0 Å². The molecule has 0 amide bonds. The molecule has 2 aliphatic heterocycles. The van der Waals surface area contributed by atoms with Crippen LogP contribution in [-0.4, -0.2) is 49.6 Å². The summed E-state index contributed by atoms with van der Waals surface area (Å²) in [5.41, 5.74) is 1.19. The van der Waals surface area contributed by atoms with Crippen LogP contribution in [0, 0.1) is 11.8 Å². The average molecular weight is 380 g/mol. The van der Waals surface area contributed by atoms with Gasteiger partial charge in [-0.3, -0.25) is 9.59 Å². The predicted octanol–water partition coefficient (Wildman–Crippen LogP) is 3.18. The molecular formula is C21H32O6. The van der Waals surface area contributed by atoms with Crippen molar-refractivity contribution in [3.63, 3.8) is 0 Å². The summed E-state index contributed by atoms with van der Waals surface area (Å²) in [6.07, 6.45) is 7.65. The van der Waals surface area contributed by atoms with Crippen LogP contribution in [0.4, 0.5) is 0 Å². The average Bonchev–Trinajstić information content (AvgIpc) is 3.50. The third-order valence-corrected chi connectivity index (χ3v) is 6.47. The van der Waals surface area contributed by atoms with E-state index in [4.69, 9.17) is 18.9 Å². The van der Waals surface area contributed by atoms with Gasteiger partial charge >= 0.3 is 11.9 Å². The number of esters is 2. The van der Waals surface area contributed by atoms with E-state index in [1.807, 2.05) is 0 Å². The Balaban J connectivity index is 1.48. The highest BCUT2D eigenvalue weighted by atomic mass is 16.6. The molecule has 3 rings (SSSR count). The van der Waals surface area contributed by atoms with E-state index < -0.39 is 11.8 Å². The third kappa shape index (κ3) is 4.54. The van der Waals surface area contributed by atoms with Gasteiger partial charge in [-0.15, -0.1) is 0 Å². The molecule has 0 spiro atoms. The lowest BCUT2D eigenvalue weighted by Crippen LogP contribution is -2.34. The van der Waals surface area contributed by atoms with E-state index in [0.717, 1.165) is 25.7 Å². The molecule has 2 saturated heterocycles. The second-order valence-electron chi connectivity index (χ2n) is 8.77. The van der Waals surface area contributed by atoms with E-state index >= 15 is 0 Å². The molecule has 2 heterocycles.